The first-order valence-corrected chi connectivity index (χ1v) is 9.86. The first-order chi connectivity index (χ1) is 13.0. The molecule has 2 aliphatic rings. The monoisotopic (exact) mass is 384 g/mol. The molecule has 1 aliphatic heterocycles. The molecule has 2 aromatic heterocycles. The average Bonchev–Trinajstić information content (AvgIpc) is 3.22. The van der Waals surface area contributed by atoms with Crippen molar-refractivity contribution in [3.8, 4) is 5.00 Å². The molecule has 0 spiro atoms. The number of aliphatic imine (C=N–C) groups is 1. The van der Waals surface area contributed by atoms with Crippen LogP contribution in [-0.4, -0.2) is 20.5 Å². The molecule has 0 amide bonds. The number of fused-ring (bicyclic) bond motifs is 5. The Labute approximate surface area is 159 Å². The van der Waals surface area contributed by atoms with Gasteiger partial charge in [0.15, 0.2) is 5.82 Å². The zero-order chi connectivity index (χ0) is 18.9. The second-order valence-electron chi connectivity index (χ2n) is 7.39. The van der Waals surface area contributed by atoms with Crippen molar-refractivity contribution < 1.29 is 8.78 Å². The van der Waals surface area contributed by atoms with Crippen molar-refractivity contribution in [1.29, 1.82) is 0 Å². The van der Waals surface area contributed by atoms with E-state index in [1.165, 1.54) is 23.1 Å². The largest absolute Gasteiger partial charge is 0.273 e. The zero-order valence-corrected chi connectivity index (χ0v) is 16.1. The standard InChI is InChI=1S/C20H18F2N4S/c1-9-7-12-15(8-9)27-20-16(12)18(17-13(21)5-4-6-14(17)22)23-10(2)19-25-24-11(3)26(19)20/h4-6,9-10H,7-8H2,1-3H3/t9-,10+/m1/s1. The van der Waals surface area contributed by atoms with E-state index in [4.69, 9.17) is 4.99 Å². The summed E-state index contributed by atoms with van der Waals surface area (Å²) in [6.45, 7) is 5.99. The lowest BCUT2D eigenvalue weighted by molar-refractivity contribution is 0.578. The van der Waals surface area contributed by atoms with Crippen molar-refractivity contribution in [3.05, 3.63) is 63.0 Å². The number of aryl methyl sites for hydroxylation is 1. The molecule has 4 nitrogen and oxygen atoms in total. The molecule has 3 heterocycles. The van der Waals surface area contributed by atoms with Crippen LogP contribution in [-0.2, 0) is 12.8 Å². The van der Waals surface area contributed by atoms with Gasteiger partial charge in [-0.1, -0.05) is 13.0 Å². The van der Waals surface area contributed by atoms with Crippen LogP contribution in [0.25, 0.3) is 5.00 Å². The molecule has 1 aromatic carbocycles. The molecule has 0 bridgehead atoms. The van der Waals surface area contributed by atoms with Gasteiger partial charge >= 0.3 is 0 Å². The predicted molar refractivity (Wildman–Crippen MR) is 101 cm³/mol. The van der Waals surface area contributed by atoms with E-state index in [-0.39, 0.29) is 11.6 Å². The first-order valence-electron chi connectivity index (χ1n) is 9.05. The molecule has 0 radical (unpaired) electrons. The van der Waals surface area contributed by atoms with Gasteiger partial charge in [0, 0.05) is 10.4 Å². The number of benzene rings is 1. The van der Waals surface area contributed by atoms with Gasteiger partial charge in [-0.05, 0) is 50.3 Å². The van der Waals surface area contributed by atoms with E-state index in [0.717, 1.165) is 34.8 Å². The van der Waals surface area contributed by atoms with Crippen LogP contribution in [0.2, 0.25) is 0 Å². The van der Waals surface area contributed by atoms with Crippen LogP contribution in [0, 0.1) is 24.5 Å². The van der Waals surface area contributed by atoms with Crippen molar-refractivity contribution in [2.45, 2.75) is 39.7 Å². The molecule has 5 rings (SSSR count). The van der Waals surface area contributed by atoms with Crippen molar-refractivity contribution in [3.63, 3.8) is 0 Å². The van der Waals surface area contributed by atoms with E-state index >= 15 is 0 Å². The molecule has 0 unspecified atom stereocenters. The third kappa shape index (κ3) is 2.34. The zero-order valence-electron chi connectivity index (χ0n) is 15.3. The van der Waals surface area contributed by atoms with Gasteiger partial charge < -0.3 is 0 Å². The third-order valence-corrected chi connectivity index (χ3v) is 6.58. The Hall–Kier alpha value is -2.41. The highest BCUT2D eigenvalue weighted by Crippen LogP contribution is 2.44. The van der Waals surface area contributed by atoms with Crippen LogP contribution in [0.4, 0.5) is 8.78 Å². The minimum Gasteiger partial charge on any atom is -0.273 e. The molecule has 0 N–H and O–H groups in total. The summed E-state index contributed by atoms with van der Waals surface area (Å²) in [7, 11) is 0. The van der Waals surface area contributed by atoms with Crippen LogP contribution in [0.5, 0.6) is 0 Å². The van der Waals surface area contributed by atoms with E-state index < -0.39 is 11.6 Å². The normalized spacial score (nSPS) is 20.7. The number of hydrogen-bond acceptors (Lipinski definition) is 4. The van der Waals surface area contributed by atoms with E-state index in [1.807, 2.05) is 18.4 Å². The summed E-state index contributed by atoms with van der Waals surface area (Å²) in [4.78, 5) is 6.03. The summed E-state index contributed by atoms with van der Waals surface area (Å²) in [5.74, 6) is 0.801. The Morgan fingerprint density at radius 1 is 1.07 bits per heavy atom. The van der Waals surface area contributed by atoms with Gasteiger partial charge in [-0.15, -0.1) is 21.5 Å². The highest BCUT2D eigenvalue weighted by molar-refractivity contribution is 7.15. The fourth-order valence-corrected chi connectivity index (χ4v) is 5.70. The molecule has 2 atom stereocenters. The molecule has 0 fully saturated rings. The summed E-state index contributed by atoms with van der Waals surface area (Å²) in [5, 5.41) is 9.44. The Kier molecular flexibility index (Phi) is 3.59. The predicted octanol–water partition coefficient (Wildman–Crippen LogP) is 4.56. The van der Waals surface area contributed by atoms with Gasteiger partial charge in [0.05, 0.1) is 11.3 Å². The maximum absolute atomic E-state index is 14.7. The third-order valence-electron chi connectivity index (χ3n) is 5.34. The highest BCUT2D eigenvalue weighted by atomic mass is 32.1. The number of aromatic nitrogens is 3. The highest BCUT2D eigenvalue weighted by Gasteiger charge is 2.35. The van der Waals surface area contributed by atoms with E-state index in [0.29, 0.717) is 17.5 Å². The van der Waals surface area contributed by atoms with Crippen LogP contribution in [0.1, 0.15) is 53.1 Å². The minimum absolute atomic E-state index is 0.0536. The lowest BCUT2D eigenvalue weighted by Crippen LogP contribution is -2.12. The van der Waals surface area contributed by atoms with E-state index in [2.05, 4.69) is 17.1 Å². The molecule has 0 saturated carbocycles. The van der Waals surface area contributed by atoms with Crippen LogP contribution >= 0.6 is 11.3 Å². The first kappa shape index (κ1) is 16.7. The van der Waals surface area contributed by atoms with Crippen molar-refractivity contribution >= 4 is 17.0 Å². The van der Waals surface area contributed by atoms with E-state index in [9.17, 15) is 8.78 Å². The number of rotatable bonds is 1. The maximum atomic E-state index is 14.7. The van der Waals surface area contributed by atoms with Gasteiger partial charge in [0.25, 0.3) is 0 Å². The number of nitrogens with zero attached hydrogens (tertiary/aromatic N) is 4. The van der Waals surface area contributed by atoms with Crippen LogP contribution in [0.15, 0.2) is 23.2 Å². The molecule has 3 aromatic rings. The summed E-state index contributed by atoms with van der Waals surface area (Å²) in [6.07, 6.45) is 1.87. The Morgan fingerprint density at radius 2 is 1.81 bits per heavy atom. The Balaban J connectivity index is 1.87. The topological polar surface area (TPSA) is 43.1 Å². The summed E-state index contributed by atoms with van der Waals surface area (Å²) < 4.78 is 31.4. The molecular formula is C20H18F2N4S. The van der Waals surface area contributed by atoms with Gasteiger partial charge in [-0.25, -0.2) is 8.78 Å². The molecule has 7 heteroatoms. The second-order valence-corrected chi connectivity index (χ2v) is 8.47. The van der Waals surface area contributed by atoms with Gasteiger partial charge in [-0.3, -0.25) is 9.56 Å². The van der Waals surface area contributed by atoms with Crippen molar-refractivity contribution in [2.75, 3.05) is 0 Å². The molecular weight excluding hydrogens is 366 g/mol. The maximum Gasteiger partial charge on any atom is 0.162 e. The summed E-state index contributed by atoms with van der Waals surface area (Å²) in [6, 6.07) is 3.61. The number of hydrogen-bond donors (Lipinski definition) is 0. The van der Waals surface area contributed by atoms with Crippen LogP contribution < -0.4 is 0 Å². The van der Waals surface area contributed by atoms with Crippen molar-refractivity contribution in [2.24, 2.45) is 10.9 Å². The fraction of sp³-hybridized carbons (Fsp3) is 0.350. The minimum atomic E-state index is -0.590. The molecule has 27 heavy (non-hydrogen) atoms. The van der Waals surface area contributed by atoms with Gasteiger partial charge in [-0.2, -0.15) is 0 Å². The lowest BCUT2D eigenvalue weighted by Gasteiger charge is -2.12. The lowest BCUT2D eigenvalue weighted by atomic mass is 9.97. The Bertz CT molecular complexity index is 1090. The number of thiophene rings is 1. The van der Waals surface area contributed by atoms with Crippen molar-refractivity contribution in [1.82, 2.24) is 14.8 Å². The molecule has 138 valence electrons. The molecule has 0 saturated heterocycles. The fourth-order valence-electron chi connectivity index (χ4n) is 4.15. The van der Waals surface area contributed by atoms with E-state index in [1.54, 1.807) is 11.3 Å². The quantitative estimate of drug-likeness (QED) is 0.617. The number of halogens is 2. The average molecular weight is 384 g/mol. The smallest absolute Gasteiger partial charge is 0.162 e. The van der Waals surface area contributed by atoms with Crippen LogP contribution in [0.3, 0.4) is 0 Å². The Morgan fingerprint density at radius 3 is 2.56 bits per heavy atom. The SMILES string of the molecule is Cc1nnc2n1-c1sc3c(c1C(c1c(F)cccc1F)=N[C@H]2C)C[C@@H](C)C3. The molecule has 1 aliphatic carbocycles. The summed E-state index contributed by atoms with van der Waals surface area (Å²) >= 11 is 1.67. The second kappa shape index (κ2) is 5.79. The van der Waals surface area contributed by atoms with Gasteiger partial charge in [0.2, 0.25) is 0 Å². The summed E-state index contributed by atoms with van der Waals surface area (Å²) in [5.41, 5.74) is 2.35. The van der Waals surface area contributed by atoms with Gasteiger partial charge in [0.1, 0.15) is 28.5 Å².